The van der Waals surface area contributed by atoms with Crippen LogP contribution in [0.5, 0.6) is 0 Å². The van der Waals surface area contributed by atoms with E-state index in [0.717, 1.165) is 46.0 Å². The van der Waals surface area contributed by atoms with E-state index >= 15 is 0 Å². The normalized spacial score (nSPS) is 21.0. The molecule has 1 N–H and O–H groups in total. The second-order valence-corrected chi connectivity index (χ2v) is 10.1. The van der Waals surface area contributed by atoms with Crippen LogP contribution in [0.4, 0.5) is 0 Å². The number of dihydropyridines is 1. The van der Waals surface area contributed by atoms with Crippen LogP contribution in [0.3, 0.4) is 0 Å². The standard InChI is InChI=1S/C24H31NO3S/c1-6-29-11-10-28-23(27)20-16(3)25-18-13-24(4,5)14-19(26)22(18)21(20)17-9-7-8-15(2)12-17/h7-9,12,21,25H,6,10-11,13-14H2,1-5H3/t21-/m1/s1. The van der Waals surface area contributed by atoms with Gasteiger partial charge in [-0.15, -0.1) is 0 Å². The highest BCUT2D eigenvalue weighted by molar-refractivity contribution is 7.99. The molecular weight excluding hydrogens is 382 g/mol. The molecule has 0 radical (unpaired) electrons. The number of nitrogens with one attached hydrogen (secondary N) is 1. The van der Waals surface area contributed by atoms with E-state index in [0.29, 0.717) is 18.6 Å². The van der Waals surface area contributed by atoms with Gasteiger partial charge in [-0.25, -0.2) is 4.79 Å². The number of hydrogen-bond acceptors (Lipinski definition) is 5. The highest BCUT2D eigenvalue weighted by Crippen LogP contribution is 2.46. The second-order valence-electron chi connectivity index (χ2n) is 8.68. The molecule has 1 heterocycles. The number of rotatable bonds is 6. The first-order valence-electron chi connectivity index (χ1n) is 10.3. The van der Waals surface area contributed by atoms with Gasteiger partial charge in [0.05, 0.1) is 5.57 Å². The lowest BCUT2D eigenvalue weighted by Crippen LogP contribution is -2.38. The number of ether oxygens (including phenoxy) is 1. The molecule has 5 heteroatoms. The molecular formula is C24H31NO3S. The molecule has 29 heavy (non-hydrogen) atoms. The molecule has 0 spiro atoms. The number of allylic oxidation sites excluding steroid dienone is 3. The molecule has 0 fully saturated rings. The molecule has 2 aliphatic rings. The Morgan fingerprint density at radius 2 is 2.03 bits per heavy atom. The monoisotopic (exact) mass is 413 g/mol. The number of benzene rings is 1. The third kappa shape index (κ3) is 4.77. The number of Topliss-reactive ketones (excluding diaryl/α,β-unsaturated/α-hetero) is 1. The van der Waals surface area contributed by atoms with Gasteiger partial charge in [0.15, 0.2) is 5.78 Å². The number of thioether (sulfide) groups is 1. The van der Waals surface area contributed by atoms with E-state index in [1.165, 1.54) is 0 Å². The van der Waals surface area contributed by atoms with E-state index in [1.807, 2.05) is 32.0 Å². The van der Waals surface area contributed by atoms with Gasteiger partial charge in [0, 0.05) is 35.1 Å². The summed E-state index contributed by atoms with van der Waals surface area (Å²) in [5, 5.41) is 3.38. The number of ketones is 1. The van der Waals surface area contributed by atoms with E-state index in [1.54, 1.807) is 11.8 Å². The molecule has 0 saturated carbocycles. The summed E-state index contributed by atoms with van der Waals surface area (Å²) >= 11 is 1.74. The van der Waals surface area contributed by atoms with Crippen LogP contribution >= 0.6 is 11.8 Å². The fourth-order valence-corrected chi connectivity index (χ4v) is 4.79. The van der Waals surface area contributed by atoms with Gasteiger partial charge in [-0.2, -0.15) is 11.8 Å². The third-order valence-corrected chi connectivity index (χ3v) is 6.36. The summed E-state index contributed by atoms with van der Waals surface area (Å²) in [6.45, 7) is 10.6. The van der Waals surface area contributed by atoms with Crippen molar-refractivity contribution >= 4 is 23.5 Å². The Bertz CT molecular complexity index is 882. The van der Waals surface area contributed by atoms with Gasteiger partial charge in [0.1, 0.15) is 6.61 Å². The minimum absolute atomic E-state index is 0.0876. The molecule has 1 aliphatic carbocycles. The molecule has 1 aromatic rings. The zero-order valence-electron chi connectivity index (χ0n) is 18.1. The molecule has 0 saturated heterocycles. The van der Waals surface area contributed by atoms with Crippen molar-refractivity contribution in [3.8, 4) is 0 Å². The fraction of sp³-hybridized carbons (Fsp3) is 0.500. The molecule has 0 bridgehead atoms. The lowest BCUT2D eigenvalue weighted by Gasteiger charge is -2.39. The van der Waals surface area contributed by atoms with Crippen molar-refractivity contribution in [2.45, 2.75) is 53.4 Å². The summed E-state index contributed by atoms with van der Waals surface area (Å²) in [4.78, 5) is 26.3. The number of esters is 1. The van der Waals surface area contributed by atoms with E-state index in [2.05, 4.69) is 32.2 Å². The fourth-order valence-electron chi connectivity index (χ4n) is 4.31. The van der Waals surface area contributed by atoms with Crippen LogP contribution < -0.4 is 5.32 Å². The number of aryl methyl sites for hydroxylation is 1. The first kappa shape index (κ1) is 21.7. The Morgan fingerprint density at radius 1 is 1.28 bits per heavy atom. The van der Waals surface area contributed by atoms with Crippen molar-refractivity contribution in [3.05, 3.63) is 57.9 Å². The van der Waals surface area contributed by atoms with Crippen LogP contribution in [0, 0.1) is 12.3 Å². The van der Waals surface area contributed by atoms with Crippen LogP contribution in [-0.4, -0.2) is 29.9 Å². The maximum Gasteiger partial charge on any atom is 0.336 e. The first-order chi connectivity index (χ1) is 13.7. The molecule has 156 valence electrons. The summed E-state index contributed by atoms with van der Waals surface area (Å²) in [5.41, 5.74) is 5.02. The molecule has 3 rings (SSSR count). The van der Waals surface area contributed by atoms with Gasteiger partial charge >= 0.3 is 5.97 Å². The summed E-state index contributed by atoms with van der Waals surface area (Å²) in [6.07, 6.45) is 1.29. The number of hydrogen-bond donors (Lipinski definition) is 1. The van der Waals surface area contributed by atoms with Crippen LogP contribution in [0.15, 0.2) is 46.8 Å². The molecule has 1 aromatic carbocycles. The molecule has 0 unspecified atom stereocenters. The van der Waals surface area contributed by atoms with Gasteiger partial charge in [-0.05, 0) is 37.0 Å². The summed E-state index contributed by atoms with van der Waals surface area (Å²) in [5.74, 6) is 1.18. The van der Waals surface area contributed by atoms with Crippen molar-refractivity contribution in [1.29, 1.82) is 0 Å². The van der Waals surface area contributed by atoms with E-state index in [-0.39, 0.29) is 23.1 Å². The summed E-state index contributed by atoms with van der Waals surface area (Å²) in [7, 11) is 0. The smallest absolute Gasteiger partial charge is 0.336 e. The Morgan fingerprint density at radius 3 is 2.72 bits per heavy atom. The highest BCUT2D eigenvalue weighted by Gasteiger charge is 2.43. The maximum atomic E-state index is 13.2. The number of carbonyl (C=O) groups excluding carboxylic acids is 2. The van der Waals surface area contributed by atoms with Crippen molar-refractivity contribution < 1.29 is 14.3 Å². The first-order valence-corrected chi connectivity index (χ1v) is 11.4. The van der Waals surface area contributed by atoms with Gasteiger partial charge in [0.25, 0.3) is 0 Å². The van der Waals surface area contributed by atoms with Gasteiger partial charge < -0.3 is 10.1 Å². The molecule has 4 nitrogen and oxygen atoms in total. The zero-order valence-corrected chi connectivity index (χ0v) is 18.9. The average molecular weight is 414 g/mol. The minimum atomic E-state index is -0.374. The largest absolute Gasteiger partial charge is 0.461 e. The van der Waals surface area contributed by atoms with Gasteiger partial charge in [-0.1, -0.05) is 50.6 Å². The van der Waals surface area contributed by atoms with Crippen molar-refractivity contribution in [2.75, 3.05) is 18.1 Å². The quantitative estimate of drug-likeness (QED) is 0.531. The Kier molecular flexibility index (Phi) is 6.57. The number of carbonyl (C=O) groups is 2. The molecule has 0 amide bonds. The summed E-state index contributed by atoms with van der Waals surface area (Å²) < 4.78 is 5.60. The van der Waals surface area contributed by atoms with E-state index in [9.17, 15) is 9.59 Å². The highest BCUT2D eigenvalue weighted by atomic mass is 32.2. The summed E-state index contributed by atoms with van der Waals surface area (Å²) in [6, 6.07) is 8.10. The third-order valence-electron chi connectivity index (χ3n) is 5.50. The topological polar surface area (TPSA) is 55.4 Å². The van der Waals surface area contributed by atoms with E-state index < -0.39 is 0 Å². The van der Waals surface area contributed by atoms with Crippen LogP contribution in [-0.2, 0) is 14.3 Å². The van der Waals surface area contributed by atoms with Crippen molar-refractivity contribution in [3.63, 3.8) is 0 Å². The molecule has 1 aliphatic heterocycles. The van der Waals surface area contributed by atoms with Crippen LogP contribution in [0.25, 0.3) is 0 Å². The predicted octanol–water partition coefficient (Wildman–Crippen LogP) is 4.90. The van der Waals surface area contributed by atoms with Crippen LogP contribution in [0.1, 0.15) is 57.6 Å². The zero-order chi connectivity index (χ0) is 21.2. The van der Waals surface area contributed by atoms with Crippen molar-refractivity contribution in [1.82, 2.24) is 5.32 Å². The Labute approximate surface area is 178 Å². The lowest BCUT2D eigenvalue weighted by molar-refractivity contribution is -0.138. The molecule has 0 aromatic heterocycles. The molecule has 1 atom stereocenters. The maximum absolute atomic E-state index is 13.2. The average Bonchev–Trinajstić information content (AvgIpc) is 2.63. The SMILES string of the molecule is CCSCCOC(=O)C1=C(C)NC2=C(C(=O)CC(C)(C)C2)[C@@H]1c1cccc(C)c1. The minimum Gasteiger partial charge on any atom is -0.461 e. The second kappa shape index (κ2) is 8.78. The Hall–Kier alpha value is -2.01. The van der Waals surface area contributed by atoms with Gasteiger partial charge in [0.2, 0.25) is 0 Å². The van der Waals surface area contributed by atoms with Gasteiger partial charge in [-0.3, -0.25) is 4.79 Å². The van der Waals surface area contributed by atoms with Crippen LogP contribution in [0.2, 0.25) is 0 Å². The predicted molar refractivity (Wildman–Crippen MR) is 119 cm³/mol. The van der Waals surface area contributed by atoms with Crippen molar-refractivity contribution in [2.24, 2.45) is 5.41 Å². The Balaban J connectivity index is 2.03. The lowest BCUT2D eigenvalue weighted by atomic mass is 9.68. The van der Waals surface area contributed by atoms with E-state index in [4.69, 9.17) is 4.74 Å².